The monoisotopic (exact) mass is 360 g/mol. The standard InChI is InChI=1S/C21H44O2S/c1-3-5-6-7-8-9-10-11-12-13-14-15-16-17-18-19-20-21(4-2)24(22)23/h21H,3-20H2,1-2H3,(H,22,23). The number of hydrogen-bond donors (Lipinski definition) is 1. The van der Waals surface area contributed by atoms with Gasteiger partial charge in [-0.15, -0.1) is 0 Å². The molecule has 0 rings (SSSR count). The molecule has 0 heterocycles. The molecule has 3 heteroatoms. The molecule has 0 aliphatic carbocycles. The molecule has 0 aromatic heterocycles. The first-order valence-electron chi connectivity index (χ1n) is 10.8. The van der Waals surface area contributed by atoms with E-state index in [2.05, 4.69) is 6.92 Å². The zero-order valence-electron chi connectivity index (χ0n) is 16.6. The Hall–Kier alpha value is 0.110. The van der Waals surface area contributed by atoms with Crippen LogP contribution in [0.5, 0.6) is 0 Å². The summed E-state index contributed by atoms with van der Waals surface area (Å²) in [5.41, 5.74) is 0. The van der Waals surface area contributed by atoms with E-state index >= 15 is 0 Å². The van der Waals surface area contributed by atoms with Gasteiger partial charge in [-0.3, -0.25) is 0 Å². The van der Waals surface area contributed by atoms with E-state index in [1.807, 2.05) is 6.92 Å². The van der Waals surface area contributed by atoms with Gasteiger partial charge in [-0.25, -0.2) is 4.21 Å². The molecule has 0 radical (unpaired) electrons. The first-order chi connectivity index (χ1) is 11.7. The van der Waals surface area contributed by atoms with Crippen molar-refractivity contribution in [3.05, 3.63) is 0 Å². The van der Waals surface area contributed by atoms with Gasteiger partial charge in [0.1, 0.15) is 0 Å². The van der Waals surface area contributed by atoms with Gasteiger partial charge >= 0.3 is 0 Å². The average Bonchev–Trinajstić information content (AvgIpc) is 2.57. The summed E-state index contributed by atoms with van der Waals surface area (Å²) in [6.07, 6.45) is 23.8. The van der Waals surface area contributed by atoms with E-state index in [0.717, 1.165) is 19.3 Å². The summed E-state index contributed by atoms with van der Waals surface area (Å²) in [5.74, 6) is 0. The second-order valence-electron chi connectivity index (χ2n) is 7.40. The first-order valence-corrected chi connectivity index (χ1v) is 12.0. The Kier molecular flexibility index (Phi) is 19.5. The molecule has 0 aliphatic rings. The van der Waals surface area contributed by atoms with E-state index in [9.17, 15) is 4.21 Å². The van der Waals surface area contributed by atoms with Crippen molar-refractivity contribution < 1.29 is 8.76 Å². The van der Waals surface area contributed by atoms with E-state index in [1.165, 1.54) is 96.3 Å². The lowest BCUT2D eigenvalue weighted by molar-refractivity contribution is 0.511. The molecule has 0 bridgehead atoms. The van der Waals surface area contributed by atoms with Crippen LogP contribution in [0, 0.1) is 0 Å². The minimum absolute atomic E-state index is 0.00311. The van der Waals surface area contributed by atoms with Crippen LogP contribution in [0.1, 0.15) is 129 Å². The zero-order valence-corrected chi connectivity index (χ0v) is 17.4. The predicted octanol–water partition coefficient (Wildman–Crippen LogP) is 7.64. The maximum absolute atomic E-state index is 11.0. The molecular weight excluding hydrogens is 316 g/mol. The van der Waals surface area contributed by atoms with Crippen LogP contribution in [-0.4, -0.2) is 14.0 Å². The van der Waals surface area contributed by atoms with Crippen molar-refractivity contribution in [2.75, 3.05) is 0 Å². The predicted molar refractivity (Wildman–Crippen MR) is 109 cm³/mol. The zero-order chi connectivity index (χ0) is 17.9. The van der Waals surface area contributed by atoms with Crippen LogP contribution in [0.4, 0.5) is 0 Å². The highest BCUT2D eigenvalue weighted by Gasteiger charge is 2.11. The van der Waals surface area contributed by atoms with Crippen molar-refractivity contribution in [2.24, 2.45) is 0 Å². The Bertz CT molecular complexity index is 269. The summed E-state index contributed by atoms with van der Waals surface area (Å²) >= 11 is -1.62. The largest absolute Gasteiger partial charge is 0.306 e. The quantitative estimate of drug-likeness (QED) is 0.190. The van der Waals surface area contributed by atoms with E-state index in [4.69, 9.17) is 4.55 Å². The summed E-state index contributed by atoms with van der Waals surface area (Å²) in [6, 6.07) is 0. The van der Waals surface area contributed by atoms with Crippen molar-refractivity contribution in [1.82, 2.24) is 0 Å². The second-order valence-corrected chi connectivity index (χ2v) is 8.62. The van der Waals surface area contributed by atoms with E-state index in [-0.39, 0.29) is 5.25 Å². The van der Waals surface area contributed by atoms with Crippen molar-refractivity contribution in [3.63, 3.8) is 0 Å². The van der Waals surface area contributed by atoms with Crippen molar-refractivity contribution >= 4 is 11.1 Å². The molecule has 0 aromatic carbocycles. The molecule has 2 atom stereocenters. The van der Waals surface area contributed by atoms with Gasteiger partial charge in [-0.2, -0.15) is 0 Å². The Balaban J connectivity index is 3.11. The Labute approximate surface area is 154 Å². The third kappa shape index (κ3) is 17.0. The van der Waals surface area contributed by atoms with Crippen LogP contribution in [0.15, 0.2) is 0 Å². The van der Waals surface area contributed by atoms with Gasteiger partial charge in [0.2, 0.25) is 0 Å². The Morgan fingerprint density at radius 1 is 0.625 bits per heavy atom. The van der Waals surface area contributed by atoms with Gasteiger partial charge in [0.05, 0.1) is 5.25 Å². The molecule has 0 aliphatic heterocycles. The SMILES string of the molecule is CCCCCCCCCCCCCCCCCCC(CC)S(=O)O. The van der Waals surface area contributed by atoms with Crippen LogP contribution < -0.4 is 0 Å². The highest BCUT2D eigenvalue weighted by Crippen LogP contribution is 2.15. The number of rotatable bonds is 19. The molecule has 1 N–H and O–H groups in total. The maximum atomic E-state index is 11.0. The van der Waals surface area contributed by atoms with Crippen LogP contribution in [0.3, 0.4) is 0 Å². The Morgan fingerprint density at radius 2 is 0.958 bits per heavy atom. The second kappa shape index (κ2) is 19.4. The highest BCUT2D eigenvalue weighted by molar-refractivity contribution is 7.79. The molecule has 0 saturated heterocycles. The summed E-state index contributed by atoms with van der Waals surface area (Å²) in [4.78, 5) is 0. The minimum Gasteiger partial charge on any atom is -0.306 e. The van der Waals surface area contributed by atoms with Gasteiger partial charge in [0.15, 0.2) is 11.1 Å². The van der Waals surface area contributed by atoms with Gasteiger partial charge in [-0.1, -0.05) is 117 Å². The van der Waals surface area contributed by atoms with Crippen molar-refractivity contribution in [1.29, 1.82) is 0 Å². The fraction of sp³-hybridized carbons (Fsp3) is 1.00. The molecular formula is C21H44O2S. The summed E-state index contributed by atoms with van der Waals surface area (Å²) < 4.78 is 20.1. The van der Waals surface area contributed by atoms with E-state index in [1.54, 1.807) is 0 Å². The first kappa shape index (κ1) is 24.1. The lowest BCUT2D eigenvalue weighted by Crippen LogP contribution is -2.12. The molecule has 0 fully saturated rings. The number of unbranched alkanes of at least 4 members (excludes halogenated alkanes) is 15. The third-order valence-electron chi connectivity index (χ3n) is 5.12. The van der Waals surface area contributed by atoms with E-state index < -0.39 is 11.1 Å². The van der Waals surface area contributed by atoms with Gasteiger partial charge in [0, 0.05) is 0 Å². The molecule has 0 spiro atoms. The molecule has 0 amide bonds. The fourth-order valence-electron chi connectivity index (χ4n) is 3.37. The maximum Gasteiger partial charge on any atom is 0.155 e. The van der Waals surface area contributed by atoms with Crippen LogP contribution >= 0.6 is 0 Å². The molecule has 0 aromatic rings. The molecule has 24 heavy (non-hydrogen) atoms. The third-order valence-corrected chi connectivity index (χ3v) is 6.26. The lowest BCUT2D eigenvalue weighted by atomic mass is 10.0. The summed E-state index contributed by atoms with van der Waals surface area (Å²) in [7, 11) is 0. The average molecular weight is 361 g/mol. The summed E-state index contributed by atoms with van der Waals surface area (Å²) in [5, 5.41) is -0.00311. The topological polar surface area (TPSA) is 37.3 Å². The van der Waals surface area contributed by atoms with Crippen LogP contribution in [0.2, 0.25) is 0 Å². The molecule has 2 unspecified atom stereocenters. The van der Waals surface area contributed by atoms with Crippen LogP contribution in [0.25, 0.3) is 0 Å². The molecule has 2 nitrogen and oxygen atoms in total. The van der Waals surface area contributed by atoms with E-state index in [0.29, 0.717) is 0 Å². The summed E-state index contributed by atoms with van der Waals surface area (Å²) in [6.45, 7) is 4.29. The van der Waals surface area contributed by atoms with Crippen molar-refractivity contribution in [2.45, 2.75) is 135 Å². The van der Waals surface area contributed by atoms with Crippen LogP contribution in [-0.2, 0) is 11.1 Å². The minimum atomic E-state index is -1.62. The lowest BCUT2D eigenvalue weighted by Gasteiger charge is -2.09. The highest BCUT2D eigenvalue weighted by atomic mass is 32.2. The van der Waals surface area contributed by atoms with Gasteiger partial charge in [-0.05, 0) is 12.8 Å². The van der Waals surface area contributed by atoms with Crippen molar-refractivity contribution in [3.8, 4) is 0 Å². The molecule has 146 valence electrons. The molecule has 0 saturated carbocycles. The van der Waals surface area contributed by atoms with Gasteiger partial charge in [0.25, 0.3) is 0 Å². The normalized spacial score (nSPS) is 14.0. The van der Waals surface area contributed by atoms with Gasteiger partial charge < -0.3 is 4.55 Å². The smallest absolute Gasteiger partial charge is 0.155 e. The number of hydrogen-bond acceptors (Lipinski definition) is 1. The fourth-order valence-corrected chi connectivity index (χ4v) is 4.02. The Morgan fingerprint density at radius 3 is 1.25 bits per heavy atom.